The highest BCUT2D eigenvalue weighted by Crippen LogP contribution is 2.34. The number of sulfonamides is 1. The lowest BCUT2D eigenvalue weighted by atomic mass is 10.0. The minimum Gasteiger partial charge on any atom is -0.487 e. The fourth-order valence-corrected chi connectivity index (χ4v) is 6.80. The highest BCUT2D eigenvalue weighted by atomic mass is 32.2. The van der Waals surface area contributed by atoms with Gasteiger partial charge < -0.3 is 14.7 Å². The summed E-state index contributed by atoms with van der Waals surface area (Å²) in [5.74, 6) is 5.79. The van der Waals surface area contributed by atoms with Crippen LogP contribution in [0.4, 0.5) is 4.39 Å². The van der Waals surface area contributed by atoms with Gasteiger partial charge in [-0.3, -0.25) is 4.79 Å². The van der Waals surface area contributed by atoms with E-state index in [4.69, 9.17) is 4.74 Å². The molecule has 0 radical (unpaired) electrons. The van der Waals surface area contributed by atoms with Gasteiger partial charge in [0.1, 0.15) is 22.6 Å². The number of hydrogen-bond donors (Lipinski definition) is 1. The van der Waals surface area contributed by atoms with Gasteiger partial charge in [-0.2, -0.15) is 4.31 Å². The number of halogens is 1. The molecule has 2 aliphatic rings. The number of fused-ring (bicyclic) bond motifs is 1. The van der Waals surface area contributed by atoms with E-state index in [2.05, 4.69) is 11.8 Å². The zero-order valence-corrected chi connectivity index (χ0v) is 22.9. The van der Waals surface area contributed by atoms with Gasteiger partial charge in [0.2, 0.25) is 10.0 Å². The third kappa shape index (κ3) is 6.20. The van der Waals surface area contributed by atoms with Gasteiger partial charge in [0, 0.05) is 42.6 Å². The van der Waals surface area contributed by atoms with Gasteiger partial charge in [0.05, 0.1) is 13.2 Å². The first-order valence-electron chi connectivity index (χ1n) is 13.1. The summed E-state index contributed by atoms with van der Waals surface area (Å²) in [4.78, 5) is 14.5. The summed E-state index contributed by atoms with van der Waals surface area (Å²) in [5.41, 5.74) is 0.873. The predicted molar refractivity (Wildman–Crippen MR) is 143 cm³/mol. The van der Waals surface area contributed by atoms with E-state index in [0.29, 0.717) is 11.5 Å². The zero-order valence-electron chi connectivity index (χ0n) is 22.1. The van der Waals surface area contributed by atoms with Crippen LogP contribution >= 0.6 is 0 Å². The minimum atomic E-state index is -3.97. The van der Waals surface area contributed by atoms with Crippen LogP contribution in [0.2, 0.25) is 0 Å². The third-order valence-corrected chi connectivity index (χ3v) is 9.33. The second-order valence-electron chi connectivity index (χ2n) is 10.3. The van der Waals surface area contributed by atoms with Gasteiger partial charge in [-0.05, 0) is 56.2 Å². The molecule has 1 saturated carbocycles. The predicted octanol–water partition coefficient (Wildman–Crippen LogP) is 3.91. The maximum absolute atomic E-state index is 13.7. The largest absolute Gasteiger partial charge is 0.487 e. The Bertz CT molecular complexity index is 1330. The zero-order chi connectivity index (χ0) is 27.4. The van der Waals surface area contributed by atoms with E-state index >= 15 is 0 Å². The van der Waals surface area contributed by atoms with Crippen LogP contribution in [0.15, 0.2) is 47.4 Å². The monoisotopic (exact) mass is 542 g/mol. The number of aliphatic hydroxyl groups is 1. The third-order valence-electron chi connectivity index (χ3n) is 7.32. The number of benzene rings is 2. The molecule has 1 aliphatic heterocycles. The fourth-order valence-electron chi connectivity index (χ4n) is 4.97. The molecule has 0 spiro atoms. The summed E-state index contributed by atoms with van der Waals surface area (Å²) in [6, 6.07) is 9.68. The Morgan fingerprint density at radius 1 is 1.24 bits per heavy atom. The molecule has 0 unspecified atom stereocenters. The van der Waals surface area contributed by atoms with Gasteiger partial charge in [-0.1, -0.05) is 37.7 Å². The topological polar surface area (TPSA) is 87.2 Å². The molecule has 38 heavy (non-hydrogen) atoms. The molecule has 0 saturated heterocycles. The second kappa shape index (κ2) is 11.9. The summed E-state index contributed by atoms with van der Waals surface area (Å²) in [6.07, 6.45) is 3.92. The van der Waals surface area contributed by atoms with Crippen LogP contribution in [0.25, 0.3) is 0 Å². The Kier molecular flexibility index (Phi) is 8.76. The Morgan fingerprint density at radius 2 is 1.97 bits per heavy atom. The quantitative estimate of drug-likeness (QED) is 0.579. The summed E-state index contributed by atoms with van der Waals surface area (Å²) in [5, 5.41) is 9.83. The average molecular weight is 543 g/mol. The molecule has 0 aromatic heterocycles. The van der Waals surface area contributed by atoms with Gasteiger partial charge in [-0.15, -0.1) is 0 Å². The minimum absolute atomic E-state index is 0.000210. The van der Waals surface area contributed by atoms with Crippen molar-refractivity contribution in [2.75, 3.05) is 26.7 Å². The second-order valence-corrected chi connectivity index (χ2v) is 12.2. The molecule has 3 atom stereocenters. The molecule has 204 valence electrons. The molecule has 1 amide bonds. The first-order valence-corrected chi connectivity index (χ1v) is 14.5. The van der Waals surface area contributed by atoms with Crippen LogP contribution in [0.1, 0.15) is 55.5 Å². The number of likely N-dealkylation sites (N-methyl/N-ethyl adjacent to an activating group) is 1. The number of hydrogen-bond acceptors (Lipinski definition) is 5. The van der Waals surface area contributed by atoms with E-state index < -0.39 is 28.0 Å². The lowest BCUT2D eigenvalue weighted by molar-refractivity contribution is 0.0563. The molecule has 0 bridgehead atoms. The van der Waals surface area contributed by atoms with Crippen molar-refractivity contribution in [2.24, 2.45) is 11.8 Å². The van der Waals surface area contributed by atoms with Crippen LogP contribution in [0.3, 0.4) is 0 Å². The molecule has 1 N–H and O–H groups in total. The van der Waals surface area contributed by atoms with Gasteiger partial charge in [-0.25, -0.2) is 12.8 Å². The van der Waals surface area contributed by atoms with Crippen molar-refractivity contribution < 1.29 is 27.4 Å². The SMILES string of the molecule is C[C@@H]1CN([C@@H](C)CO)S(=O)(=O)c2ccc(C#CC3CCCC3)cc2O[C@@H]1CN(C)C(=O)c1cccc(F)c1. The first-order chi connectivity index (χ1) is 18.1. The maximum Gasteiger partial charge on any atom is 0.253 e. The number of rotatable bonds is 5. The van der Waals surface area contributed by atoms with Crippen molar-refractivity contribution in [1.29, 1.82) is 0 Å². The smallest absolute Gasteiger partial charge is 0.253 e. The van der Waals surface area contributed by atoms with E-state index in [-0.39, 0.29) is 47.7 Å². The molecule has 1 heterocycles. The van der Waals surface area contributed by atoms with Crippen LogP contribution < -0.4 is 4.74 Å². The summed E-state index contributed by atoms with van der Waals surface area (Å²) >= 11 is 0. The number of carbonyl (C=O) groups is 1. The highest BCUT2D eigenvalue weighted by Gasteiger charge is 2.38. The van der Waals surface area contributed by atoms with E-state index in [9.17, 15) is 22.7 Å². The van der Waals surface area contributed by atoms with Crippen molar-refractivity contribution in [3.05, 3.63) is 59.4 Å². The van der Waals surface area contributed by atoms with Crippen molar-refractivity contribution in [3.8, 4) is 17.6 Å². The molecule has 4 rings (SSSR count). The molecule has 2 aromatic rings. The van der Waals surface area contributed by atoms with Crippen molar-refractivity contribution in [1.82, 2.24) is 9.21 Å². The summed E-state index contributed by atoms with van der Waals surface area (Å²) in [6.45, 7) is 3.42. The number of carbonyl (C=O) groups excluding carboxylic acids is 1. The van der Waals surface area contributed by atoms with Crippen molar-refractivity contribution in [3.63, 3.8) is 0 Å². The van der Waals surface area contributed by atoms with Gasteiger partial charge in [0.25, 0.3) is 5.91 Å². The highest BCUT2D eigenvalue weighted by molar-refractivity contribution is 7.89. The number of ether oxygens (including phenoxy) is 1. The number of aliphatic hydroxyl groups excluding tert-OH is 1. The van der Waals surface area contributed by atoms with Crippen LogP contribution in [-0.2, 0) is 10.0 Å². The fraction of sp³-hybridized carbons (Fsp3) is 0.483. The molecule has 9 heteroatoms. The standard InChI is InChI=1S/C29H35FN2O5S/c1-20-17-32(21(2)19-33)38(35,36)28-14-13-23(12-11-22-7-4-5-8-22)15-26(28)37-27(20)18-31(3)29(34)24-9-6-10-25(30)16-24/h6,9-10,13-16,20-22,27,33H,4-5,7-8,17-19H2,1-3H3/t20-,21+,27-/m1/s1. The molecule has 2 aromatic carbocycles. The summed E-state index contributed by atoms with van der Waals surface area (Å²) in [7, 11) is -2.36. The molecule has 1 aliphatic carbocycles. The lowest BCUT2D eigenvalue weighted by Crippen LogP contribution is -2.50. The van der Waals surface area contributed by atoms with E-state index in [1.54, 1.807) is 32.2 Å². The normalized spacial score (nSPS) is 22.2. The number of amides is 1. The van der Waals surface area contributed by atoms with Crippen molar-refractivity contribution >= 4 is 15.9 Å². The Balaban J connectivity index is 1.69. The van der Waals surface area contributed by atoms with Crippen LogP contribution in [0, 0.1) is 29.5 Å². The molecule has 7 nitrogen and oxygen atoms in total. The van der Waals surface area contributed by atoms with Gasteiger partial charge in [0.15, 0.2) is 0 Å². The van der Waals surface area contributed by atoms with Gasteiger partial charge >= 0.3 is 0 Å². The van der Waals surface area contributed by atoms with E-state index in [0.717, 1.165) is 12.8 Å². The lowest BCUT2D eigenvalue weighted by Gasteiger charge is -2.37. The van der Waals surface area contributed by atoms with Crippen LogP contribution in [-0.4, -0.2) is 67.5 Å². The molecular weight excluding hydrogens is 507 g/mol. The molecule has 1 fully saturated rings. The summed E-state index contributed by atoms with van der Waals surface area (Å²) < 4.78 is 48.7. The maximum atomic E-state index is 13.7. The van der Waals surface area contributed by atoms with E-state index in [1.807, 2.05) is 6.92 Å². The van der Waals surface area contributed by atoms with Crippen LogP contribution in [0.5, 0.6) is 5.75 Å². The first kappa shape index (κ1) is 28.1. The Hall–Kier alpha value is -2.93. The van der Waals surface area contributed by atoms with E-state index in [1.165, 1.54) is 46.3 Å². The van der Waals surface area contributed by atoms with Crippen molar-refractivity contribution in [2.45, 2.75) is 56.6 Å². The number of nitrogens with zero attached hydrogens (tertiary/aromatic N) is 2. The molecular formula is C29H35FN2O5S. The average Bonchev–Trinajstić information content (AvgIpc) is 3.42. The Morgan fingerprint density at radius 3 is 2.66 bits per heavy atom. The Labute approximate surface area is 224 Å².